The van der Waals surface area contributed by atoms with Crippen LogP contribution in [0.25, 0.3) is 0 Å². The predicted molar refractivity (Wildman–Crippen MR) is 125 cm³/mol. The number of hydrogen-bond acceptors (Lipinski definition) is 6. The molecule has 2 aliphatic carbocycles. The molecule has 5 aliphatic rings. The number of hydrogen-bond donors (Lipinski definition) is 0. The molecule has 0 saturated carbocycles. The first-order chi connectivity index (χ1) is 16.0. The summed E-state index contributed by atoms with van der Waals surface area (Å²) in [5, 5.41) is 0. The van der Waals surface area contributed by atoms with Gasteiger partial charge in [0.25, 0.3) is 0 Å². The second-order valence-electron chi connectivity index (χ2n) is 10.7. The van der Waals surface area contributed by atoms with Crippen molar-refractivity contribution in [1.29, 1.82) is 0 Å². The fourth-order valence-electron chi connectivity index (χ4n) is 6.54. The van der Waals surface area contributed by atoms with Gasteiger partial charge in [-0.15, -0.1) is 0 Å². The Morgan fingerprint density at radius 2 is 1.88 bits per heavy atom. The maximum atomic E-state index is 12.9. The number of allylic oxidation sites excluding steroid dienone is 3. The number of esters is 1. The number of piperazine rings is 1. The van der Waals surface area contributed by atoms with Crippen molar-refractivity contribution in [2.75, 3.05) is 39.5 Å². The molecular weight excluding hydrogens is 416 g/mol. The van der Waals surface area contributed by atoms with Crippen molar-refractivity contribution in [3.05, 3.63) is 47.1 Å². The van der Waals surface area contributed by atoms with Crippen molar-refractivity contribution < 1.29 is 19.0 Å². The number of nitrogens with zero attached hydrogens (tertiary/aromatic N) is 2. The maximum Gasteiger partial charge on any atom is 0.311 e. The third kappa shape index (κ3) is 3.87. The van der Waals surface area contributed by atoms with Crippen LogP contribution in [0.15, 0.2) is 41.5 Å². The van der Waals surface area contributed by atoms with E-state index in [1.165, 1.54) is 16.7 Å². The predicted octanol–water partition coefficient (Wildman–Crippen LogP) is 3.77. The molecule has 1 aromatic rings. The zero-order chi connectivity index (χ0) is 22.6. The first-order valence-corrected chi connectivity index (χ1v) is 12.4. The molecule has 0 aromatic heterocycles. The smallest absolute Gasteiger partial charge is 0.311 e. The van der Waals surface area contributed by atoms with E-state index in [4.69, 9.17) is 14.2 Å². The van der Waals surface area contributed by atoms with Gasteiger partial charge < -0.3 is 14.2 Å². The van der Waals surface area contributed by atoms with Gasteiger partial charge in [-0.2, -0.15) is 0 Å². The van der Waals surface area contributed by atoms with E-state index >= 15 is 0 Å². The van der Waals surface area contributed by atoms with Crippen molar-refractivity contribution in [2.24, 2.45) is 17.3 Å². The van der Waals surface area contributed by atoms with Crippen LogP contribution in [0.4, 0.5) is 0 Å². The minimum Gasteiger partial charge on any atom is -0.461 e. The minimum absolute atomic E-state index is 0.00789. The molecule has 4 atom stereocenters. The molecule has 2 saturated heterocycles. The molecule has 0 radical (unpaired) electrons. The van der Waals surface area contributed by atoms with Gasteiger partial charge in [0.2, 0.25) is 6.79 Å². The molecular formula is C27H34N2O4. The van der Waals surface area contributed by atoms with Crippen molar-refractivity contribution in [3.63, 3.8) is 0 Å². The summed E-state index contributed by atoms with van der Waals surface area (Å²) in [6.07, 6.45) is 8.08. The van der Waals surface area contributed by atoms with Crippen LogP contribution in [0.2, 0.25) is 0 Å². The van der Waals surface area contributed by atoms with Gasteiger partial charge in [-0.1, -0.05) is 30.7 Å². The van der Waals surface area contributed by atoms with Gasteiger partial charge in [-0.3, -0.25) is 14.6 Å². The van der Waals surface area contributed by atoms with E-state index in [0.29, 0.717) is 6.79 Å². The molecule has 3 aliphatic heterocycles. The van der Waals surface area contributed by atoms with Gasteiger partial charge in [0.1, 0.15) is 6.10 Å². The average molecular weight is 451 g/mol. The Hall–Kier alpha value is -2.31. The lowest BCUT2D eigenvalue weighted by Crippen LogP contribution is -2.48. The normalized spacial score (nSPS) is 33.8. The van der Waals surface area contributed by atoms with Crippen LogP contribution in [0.5, 0.6) is 11.5 Å². The molecule has 6 rings (SSSR count). The summed E-state index contributed by atoms with van der Waals surface area (Å²) in [6, 6.07) is 6.22. The summed E-state index contributed by atoms with van der Waals surface area (Å²) in [5.41, 5.74) is 4.28. The molecule has 176 valence electrons. The molecule has 0 N–H and O–H groups in total. The fourth-order valence-corrected chi connectivity index (χ4v) is 6.54. The molecule has 1 aromatic carbocycles. The Balaban J connectivity index is 1.08. The van der Waals surface area contributed by atoms with Crippen molar-refractivity contribution in [2.45, 2.75) is 45.8 Å². The Morgan fingerprint density at radius 3 is 2.73 bits per heavy atom. The second-order valence-corrected chi connectivity index (χ2v) is 10.7. The van der Waals surface area contributed by atoms with E-state index < -0.39 is 0 Å². The monoisotopic (exact) mass is 450 g/mol. The Kier molecular flexibility index (Phi) is 5.26. The second kappa shape index (κ2) is 8.17. The number of benzene rings is 1. The van der Waals surface area contributed by atoms with Crippen LogP contribution in [0.1, 0.15) is 38.7 Å². The van der Waals surface area contributed by atoms with Crippen LogP contribution >= 0.6 is 0 Å². The lowest BCUT2D eigenvalue weighted by molar-refractivity contribution is -0.145. The standard InChI is InChI=1S/C27H34N2O4/c1-18-4-3-7-27(2)14-25-20(13-22(18)27)21(26(30)33-25)16-29-10-8-28(9-11-29)15-19-5-6-23-24(12-19)32-17-31-23/h4-6,12-13,20-21,25H,3,7-11,14-17H2,1-2H3/t20-,21-,25+,27-/m0/s1. The van der Waals surface area contributed by atoms with E-state index in [2.05, 4.69) is 47.9 Å². The molecule has 0 spiro atoms. The molecule has 0 amide bonds. The number of carbonyl (C=O) groups is 1. The van der Waals surface area contributed by atoms with Gasteiger partial charge in [0.05, 0.1) is 5.92 Å². The van der Waals surface area contributed by atoms with Gasteiger partial charge >= 0.3 is 5.97 Å². The topological polar surface area (TPSA) is 51.2 Å². The summed E-state index contributed by atoms with van der Waals surface area (Å²) in [7, 11) is 0. The molecule has 0 unspecified atom stereocenters. The lowest BCUT2D eigenvalue weighted by Gasteiger charge is -2.43. The number of rotatable bonds is 4. The third-order valence-corrected chi connectivity index (χ3v) is 8.46. The highest BCUT2D eigenvalue weighted by atomic mass is 16.7. The van der Waals surface area contributed by atoms with Gasteiger partial charge in [-0.25, -0.2) is 0 Å². The van der Waals surface area contributed by atoms with E-state index in [-0.39, 0.29) is 29.3 Å². The molecule has 3 heterocycles. The van der Waals surface area contributed by atoms with E-state index in [0.717, 1.165) is 70.0 Å². The summed E-state index contributed by atoms with van der Waals surface area (Å²) < 4.78 is 16.9. The van der Waals surface area contributed by atoms with Crippen LogP contribution in [-0.2, 0) is 16.1 Å². The largest absolute Gasteiger partial charge is 0.461 e. The van der Waals surface area contributed by atoms with Gasteiger partial charge in [0, 0.05) is 45.2 Å². The SMILES string of the molecule is CC1=CCC[C@@]2(C)C[C@H]3OC(=O)[C@@H](CN4CCN(Cc5ccc6c(c5)OCO6)CC4)[C@@H]3C=C12. The summed E-state index contributed by atoms with van der Waals surface area (Å²) in [6.45, 7) is 10.6. The quantitative estimate of drug-likeness (QED) is 0.651. The summed E-state index contributed by atoms with van der Waals surface area (Å²) in [4.78, 5) is 17.8. The highest BCUT2D eigenvalue weighted by Gasteiger charge is 2.51. The van der Waals surface area contributed by atoms with Crippen LogP contribution in [-0.4, -0.2) is 61.4 Å². The molecule has 6 heteroatoms. The Bertz CT molecular complexity index is 1010. The highest BCUT2D eigenvalue weighted by molar-refractivity contribution is 5.76. The van der Waals surface area contributed by atoms with Crippen molar-refractivity contribution >= 4 is 5.97 Å². The fraction of sp³-hybridized carbons (Fsp3) is 0.593. The Labute approximate surface area is 196 Å². The molecule has 0 bridgehead atoms. The van der Waals surface area contributed by atoms with Crippen LogP contribution in [0, 0.1) is 17.3 Å². The first-order valence-electron chi connectivity index (χ1n) is 12.4. The van der Waals surface area contributed by atoms with Crippen molar-refractivity contribution in [1.82, 2.24) is 9.80 Å². The van der Waals surface area contributed by atoms with Gasteiger partial charge in [0.15, 0.2) is 11.5 Å². The average Bonchev–Trinajstić information content (AvgIpc) is 3.37. The first kappa shape index (κ1) is 21.2. The van der Waals surface area contributed by atoms with Crippen molar-refractivity contribution in [3.8, 4) is 11.5 Å². The van der Waals surface area contributed by atoms with E-state index in [1.54, 1.807) is 0 Å². The summed E-state index contributed by atoms with van der Waals surface area (Å²) >= 11 is 0. The minimum atomic E-state index is -0.0396. The third-order valence-electron chi connectivity index (χ3n) is 8.46. The van der Waals surface area contributed by atoms with Crippen LogP contribution < -0.4 is 9.47 Å². The lowest BCUT2D eigenvalue weighted by atomic mass is 9.62. The molecule has 6 nitrogen and oxygen atoms in total. The van der Waals surface area contributed by atoms with E-state index in [1.807, 2.05) is 6.07 Å². The molecule has 33 heavy (non-hydrogen) atoms. The maximum absolute atomic E-state index is 12.9. The zero-order valence-corrected chi connectivity index (χ0v) is 19.7. The number of fused-ring (bicyclic) bond motifs is 3. The van der Waals surface area contributed by atoms with Crippen LogP contribution in [0.3, 0.4) is 0 Å². The summed E-state index contributed by atoms with van der Waals surface area (Å²) in [5.74, 6) is 1.87. The zero-order valence-electron chi connectivity index (χ0n) is 19.7. The number of ether oxygens (including phenoxy) is 3. The molecule has 2 fully saturated rings. The number of carbonyl (C=O) groups excluding carboxylic acids is 1. The van der Waals surface area contributed by atoms with Gasteiger partial charge in [-0.05, 0) is 54.9 Å². The highest BCUT2D eigenvalue weighted by Crippen LogP contribution is 2.52. The van der Waals surface area contributed by atoms with E-state index in [9.17, 15) is 4.79 Å². The Morgan fingerprint density at radius 1 is 1.09 bits per heavy atom.